The van der Waals surface area contributed by atoms with Crippen LogP contribution in [0.25, 0.3) is 0 Å². The molecular formula is C20H15BrF2. The average Bonchev–Trinajstić information content (AvgIpc) is 2.53. The summed E-state index contributed by atoms with van der Waals surface area (Å²) in [6.45, 7) is 2.04. The fourth-order valence-electron chi connectivity index (χ4n) is 1.86. The van der Waals surface area contributed by atoms with E-state index in [9.17, 15) is 8.78 Å². The first kappa shape index (κ1) is 17.3. The van der Waals surface area contributed by atoms with Crippen LogP contribution in [0.1, 0.15) is 42.9 Å². The molecule has 0 bridgehead atoms. The summed E-state index contributed by atoms with van der Waals surface area (Å²) in [5.74, 6) is 9.68. The summed E-state index contributed by atoms with van der Waals surface area (Å²) in [5.41, 5.74) is 0.884. The minimum atomic E-state index is -0.672. The zero-order valence-electron chi connectivity index (χ0n) is 12.7. The smallest absolute Gasteiger partial charge is 0.143 e. The summed E-state index contributed by atoms with van der Waals surface area (Å²) in [7, 11) is 0. The SMILES string of the molecule is CCCCC#Cc1c(F)cc(C#Cc2ccc(Br)cc2)cc1F. The van der Waals surface area contributed by atoms with Crippen LogP contribution in [0.5, 0.6) is 0 Å². The first-order valence-corrected chi connectivity index (χ1v) is 8.15. The van der Waals surface area contributed by atoms with Gasteiger partial charge < -0.3 is 0 Å². The molecule has 0 heterocycles. The van der Waals surface area contributed by atoms with E-state index in [2.05, 4.69) is 39.6 Å². The highest BCUT2D eigenvalue weighted by Gasteiger charge is 2.08. The molecule has 0 fully saturated rings. The van der Waals surface area contributed by atoms with Gasteiger partial charge in [0.25, 0.3) is 0 Å². The molecular weight excluding hydrogens is 358 g/mol. The fourth-order valence-corrected chi connectivity index (χ4v) is 2.12. The Morgan fingerprint density at radius 2 is 1.52 bits per heavy atom. The van der Waals surface area contributed by atoms with Gasteiger partial charge in [0, 0.05) is 22.0 Å². The summed E-state index contributed by atoms with van der Waals surface area (Å²) < 4.78 is 28.9. The van der Waals surface area contributed by atoms with Crippen LogP contribution < -0.4 is 0 Å². The molecule has 0 aliphatic heterocycles. The number of hydrogen-bond acceptors (Lipinski definition) is 0. The maximum absolute atomic E-state index is 14.0. The van der Waals surface area contributed by atoms with Crippen LogP contribution in [0.4, 0.5) is 8.78 Å². The fraction of sp³-hybridized carbons (Fsp3) is 0.200. The predicted molar refractivity (Wildman–Crippen MR) is 92.9 cm³/mol. The molecule has 0 atom stereocenters. The van der Waals surface area contributed by atoms with Crippen LogP contribution in [0.3, 0.4) is 0 Å². The number of unbranched alkanes of at least 4 members (excludes halogenated alkanes) is 2. The van der Waals surface area contributed by atoms with Crippen molar-refractivity contribution in [2.24, 2.45) is 0 Å². The normalized spacial score (nSPS) is 9.57. The molecule has 2 aromatic carbocycles. The van der Waals surface area contributed by atoms with Gasteiger partial charge in [-0.1, -0.05) is 53.0 Å². The van der Waals surface area contributed by atoms with Gasteiger partial charge in [-0.05, 0) is 42.8 Å². The van der Waals surface area contributed by atoms with Gasteiger partial charge in [-0.25, -0.2) is 8.78 Å². The van der Waals surface area contributed by atoms with Gasteiger partial charge in [-0.15, -0.1) is 0 Å². The Balaban J connectivity index is 2.22. The van der Waals surface area contributed by atoms with E-state index in [-0.39, 0.29) is 5.56 Å². The van der Waals surface area contributed by atoms with Gasteiger partial charge in [0.15, 0.2) is 0 Å². The lowest BCUT2D eigenvalue weighted by atomic mass is 10.1. The van der Waals surface area contributed by atoms with E-state index in [1.807, 2.05) is 31.2 Å². The summed E-state index contributed by atoms with van der Waals surface area (Å²) in [4.78, 5) is 0. The molecule has 116 valence electrons. The molecule has 0 radical (unpaired) electrons. The third kappa shape index (κ3) is 5.23. The minimum Gasteiger partial charge on any atom is -0.205 e. The van der Waals surface area contributed by atoms with Gasteiger partial charge in [0.1, 0.15) is 11.6 Å². The van der Waals surface area contributed by atoms with Crippen LogP contribution in [0.2, 0.25) is 0 Å². The standard InChI is InChI=1S/C20H15BrF2/c1-2-3-4-5-6-18-19(22)13-16(14-20(18)23)8-7-15-9-11-17(21)12-10-15/h9-14H,2-4H2,1H3. The van der Waals surface area contributed by atoms with Crippen molar-refractivity contribution in [3.63, 3.8) is 0 Å². The molecule has 0 amide bonds. The van der Waals surface area contributed by atoms with Gasteiger partial charge in [0.2, 0.25) is 0 Å². The zero-order chi connectivity index (χ0) is 16.7. The highest BCUT2D eigenvalue weighted by molar-refractivity contribution is 9.10. The highest BCUT2D eigenvalue weighted by Crippen LogP contribution is 2.15. The monoisotopic (exact) mass is 372 g/mol. The lowest BCUT2D eigenvalue weighted by Gasteiger charge is -1.99. The van der Waals surface area contributed by atoms with Crippen molar-refractivity contribution in [2.45, 2.75) is 26.2 Å². The van der Waals surface area contributed by atoms with Gasteiger partial charge >= 0.3 is 0 Å². The Morgan fingerprint density at radius 3 is 2.13 bits per heavy atom. The first-order chi connectivity index (χ1) is 11.1. The van der Waals surface area contributed by atoms with E-state index >= 15 is 0 Å². The molecule has 0 nitrogen and oxygen atoms in total. The molecule has 23 heavy (non-hydrogen) atoms. The van der Waals surface area contributed by atoms with Crippen LogP contribution in [-0.4, -0.2) is 0 Å². The molecule has 0 saturated carbocycles. The van der Waals surface area contributed by atoms with E-state index in [1.165, 1.54) is 12.1 Å². The predicted octanol–water partition coefficient (Wildman–Crippen LogP) is 5.67. The molecule has 2 rings (SSSR count). The van der Waals surface area contributed by atoms with E-state index in [0.717, 1.165) is 22.9 Å². The first-order valence-electron chi connectivity index (χ1n) is 7.35. The average molecular weight is 373 g/mol. The maximum atomic E-state index is 14.0. The molecule has 0 N–H and O–H groups in total. The second-order valence-corrected chi connectivity index (χ2v) is 5.89. The van der Waals surface area contributed by atoms with E-state index in [1.54, 1.807) is 0 Å². The Labute approximate surface area is 144 Å². The third-order valence-electron chi connectivity index (χ3n) is 3.11. The van der Waals surface area contributed by atoms with Gasteiger partial charge in [-0.2, -0.15) is 0 Å². The van der Waals surface area contributed by atoms with Crippen LogP contribution in [0, 0.1) is 35.3 Å². The number of hydrogen-bond donors (Lipinski definition) is 0. The molecule has 0 aromatic heterocycles. The van der Waals surface area contributed by atoms with E-state index in [4.69, 9.17) is 0 Å². The van der Waals surface area contributed by atoms with Gasteiger partial charge in [0.05, 0.1) is 5.56 Å². The number of halogens is 3. The van der Waals surface area contributed by atoms with Crippen molar-refractivity contribution in [2.75, 3.05) is 0 Å². The molecule has 2 aromatic rings. The Morgan fingerprint density at radius 1 is 0.913 bits per heavy atom. The number of benzene rings is 2. The zero-order valence-corrected chi connectivity index (χ0v) is 14.3. The maximum Gasteiger partial charge on any atom is 0.143 e. The van der Waals surface area contributed by atoms with Crippen molar-refractivity contribution < 1.29 is 8.78 Å². The Bertz CT molecular complexity index is 777. The van der Waals surface area contributed by atoms with Crippen molar-refractivity contribution in [3.05, 3.63) is 69.2 Å². The van der Waals surface area contributed by atoms with E-state index in [0.29, 0.717) is 12.0 Å². The quantitative estimate of drug-likeness (QED) is 0.470. The Hall–Kier alpha value is -2.10. The van der Waals surface area contributed by atoms with Crippen LogP contribution in [-0.2, 0) is 0 Å². The molecule has 0 unspecified atom stereocenters. The molecule has 0 aliphatic carbocycles. The van der Waals surface area contributed by atoms with Crippen molar-refractivity contribution in [3.8, 4) is 23.7 Å². The van der Waals surface area contributed by atoms with Crippen LogP contribution in [0.15, 0.2) is 40.9 Å². The third-order valence-corrected chi connectivity index (χ3v) is 3.63. The molecule has 0 aliphatic rings. The van der Waals surface area contributed by atoms with Crippen molar-refractivity contribution >= 4 is 15.9 Å². The lowest BCUT2D eigenvalue weighted by molar-refractivity contribution is 0.577. The second-order valence-electron chi connectivity index (χ2n) is 4.98. The highest BCUT2D eigenvalue weighted by atomic mass is 79.9. The van der Waals surface area contributed by atoms with E-state index < -0.39 is 11.6 Å². The molecule has 0 spiro atoms. The molecule has 3 heteroatoms. The molecule has 0 saturated heterocycles. The topological polar surface area (TPSA) is 0 Å². The number of rotatable bonds is 2. The van der Waals surface area contributed by atoms with Crippen molar-refractivity contribution in [1.29, 1.82) is 0 Å². The summed E-state index contributed by atoms with van der Waals surface area (Å²) in [6, 6.07) is 9.83. The minimum absolute atomic E-state index is 0.185. The summed E-state index contributed by atoms with van der Waals surface area (Å²) in [6.07, 6.45) is 2.57. The van der Waals surface area contributed by atoms with Crippen LogP contribution >= 0.6 is 15.9 Å². The second kappa shape index (κ2) is 8.51. The summed E-state index contributed by atoms with van der Waals surface area (Å²) >= 11 is 3.34. The summed E-state index contributed by atoms with van der Waals surface area (Å²) in [5, 5.41) is 0. The Kier molecular flexibility index (Phi) is 6.39. The van der Waals surface area contributed by atoms with Gasteiger partial charge in [-0.3, -0.25) is 0 Å². The van der Waals surface area contributed by atoms with Crippen molar-refractivity contribution in [1.82, 2.24) is 0 Å². The lowest BCUT2D eigenvalue weighted by Crippen LogP contribution is -1.92. The largest absolute Gasteiger partial charge is 0.205 e.